The third-order valence-electron chi connectivity index (χ3n) is 16.8. The van der Waals surface area contributed by atoms with E-state index in [0.717, 1.165) is 38.0 Å². The van der Waals surface area contributed by atoms with Gasteiger partial charge in [0.2, 0.25) is 0 Å². The van der Waals surface area contributed by atoms with Crippen molar-refractivity contribution in [3.63, 3.8) is 0 Å². The van der Waals surface area contributed by atoms with Crippen molar-refractivity contribution in [3.8, 4) is 0 Å². The van der Waals surface area contributed by atoms with E-state index in [9.17, 15) is 18.3 Å². The average molecular weight is 723 g/mol. The summed E-state index contributed by atoms with van der Waals surface area (Å²) >= 11 is 0. The van der Waals surface area contributed by atoms with Crippen LogP contribution < -0.4 is 5.32 Å². The van der Waals surface area contributed by atoms with Crippen LogP contribution in [0.3, 0.4) is 0 Å². The predicted molar refractivity (Wildman–Crippen MR) is 204 cm³/mol. The van der Waals surface area contributed by atoms with E-state index in [1.54, 1.807) is 12.1 Å². The first-order chi connectivity index (χ1) is 23.9. The number of carboxylic acids is 1. The van der Waals surface area contributed by atoms with Crippen molar-refractivity contribution in [3.05, 3.63) is 53.4 Å². The second-order valence-electron chi connectivity index (χ2n) is 19.3. The van der Waals surface area contributed by atoms with Gasteiger partial charge in [-0.1, -0.05) is 58.9 Å². The molecule has 4 saturated carbocycles. The lowest BCUT2D eigenvalue weighted by atomic mass is 9.32. The fourth-order valence-electron chi connectivity index (χ4n) is 14.1. The molecule has 5 aliphatic carbocycles. The minimum atomic E-state index is -2.86. The van der Waals surface area contributed by atoms with Crippen molar-refractivity contribution in [1.82, 2.24) is 10.2 Å². The Bertz CT molecular complexity index is 1710. The Kier molecular flexibility index (Phi) is 9.35. The molecule has 7 rings (SSSR count). The van der Waals surface area contributed by atoms with E-state index < -0.39 is 21.6 Å². The Morgan fingerprint density at radius 3 is 2.37 bits per heavy atom. The first kappa shape index (κ1) is 37.3. The van der Waals surface area contributed by atoms with Crippen molar-refractivity contribution in [2.24, 2.45) is 56.7 Å². The zero-order chi connectivity index (χ0) is 36.8. The Hall–Kier alpha value is -2.03. The third-order valence-corrected chi connectivity index (χ3v) is 18.5. The molecule has 1 saturated heterocycles. The lowest BCUT2D eigenvalue weighted by Crippen LogP contribution is -2.66. The Labute approximate surface area is 307 Å². The molecule has 0 unspecified atom stereocenters. The number of fused-ring (bicyclic) bond motifs is 7. The van der Waals surface area contributed by atoms with E-state index in [1.165, 1.54) is 56.6 Å². The quantitative estimate of drug-likeness (QED) is 0.207. The van der Waals surface area contributed by atoms with E-state index in [-0.39, 0.29) is 44.1 Å². The number of benzene rings is 1. The molecule has 6 aliphatic rings. The number of halogens is 1. The highest BCUT2D eigenvalue weighted by atomic mass is 32.2. The van der Waals surface area contributed by atoms with Crippen LogP contribution in [0.15, 0.2) is 36.4 Å². The number of nitrogens with one attached hydrogen (secondary N) is 1. The first-order valence-corrected chi connectivity index (χ1v) is 21.7. The second kappa shape index (κ2) is 12.8. The van der Waals surface area contributed by atoms with E-state index in [0.29, 0.717) is 48.2 Å². The SMILES string of the molecule is C=C(C)[C@@H]1CC[C@]2(CNCCN3CCS(=O)(=O)CC3)CC[C@]3(C)[C@H](CC[C@@H]4[C@@]5(C)CC=C(c6ccc(C(=O)O)cc6F)C(C)(C)[C@@H]5CC[C@]43C)[C@@H]12. The summed E-state index contributed by atoms with van der Waals surface area (Å²) in [4.78, 5) is 13.8. The predicted octanol–water partition coefficient (Wildman–Crippen LogP) is 8.49. The Morgan fingerprint density at radius 1 is 0.980 bits per heavy atom. The van der Waals surface area contributed by atoms with Gasteiger partial charge >= 0.3 is 5.97 Å². The van der Waals surface area contributed by atoms with E-state index in [1.807, 2.05) is 0 Å². The van der Waals surface area contributed by atoms with Gasteiger partial charge in [0.1, 0.15) is 5.82 Å². The highest BCUT2D eigenvalue weighted by Crippen LogP contribution is 2.77. The van der Waals surface area contributed by atoms with Gasteiger partial charge in [-0.15, -0.1) is 0 Å². The molecule has 282 valence electrons. The van der Waals surface area contributed by atoms with Gasteiger partial charge in [0, 0.05) is 38.3 Å². The molecule has 5 fully saturated rings. The zero-order valence-corrected chi connectivity index (χ0v) is 32.9. The molecule has 0 amide bonds. The summed E-state index contributed by atoms with van der Waals surface area (Å²) in [6.07, 6.45) is 13.1. The van der Waals surface area contributed by atoms with Crippen molar-refractivity contribution in [2.75, 3.05) is 44.2 Å². The molecule has 1 aromatic carbocycles. The lowest BCUT2D eigenvalue weighted by Gasteiger charge is -2.72. The Morgan fingerprint density at radius 2 is 1.71 bits per heavy atom. The van der Waals surface area contributed by atoms with Crippen LogP contribution in [-0.4, -0.2) is 68.6 Å². The highest BCUT2D eigenvalue weighted by molar-refractivity contribution is 7.91. The summed E-state index contributed by atoms with van der Waals surface area (Å²) in [6.45, 7) is 23.6. The molecule has 0 bridgehead atoms. The van der Waals surface area contributed by atoms with Crippen LogP contribution in [0.25, 0.3) is 5.57 Å². The average Bonchev–Trinajstić information content (AvgIpc) is 3.44. The van der Waals surface area contributed by atoms with Gasteiger partial charge in [-0.05, 0) is 139 Å². The molecule has 2 N–H and O–H groups in total. The van der Waals surface area contributed by atoms with Gasteiger partial charge in [-0.2, -0.15) is 0 Å². The van der Waals surface area contributed by atoms with Gasteiger partial charge in [0.25, 0.3) is 0 Å². The number of aromatic carboxylic acids is 1. The van der Waals surface area contributed by atoms with Crippen LogP contribution in [0.1, 0.15) is 115 Å². The van der Waals surface area contributed by atoms with Crippen molar-refractivity contribution >= 4 is 21.4 Å². The fraction of sp³-hybridized carbons (Fsp3) is 0.744. The lowest BCUT2D eigenvalue weighted by molar-refractivity contribution is -0.225. The molecule has 0 aromatic heterocycles. The zero-order valence-electron chi connectivity index (χ0n) is 32.1. The van der Waals surface area contributed by atoms with Crippen LogP contribution in [0.2, 0.25) is 0 Å². The number of hydrogen-bond donors (Lipinski definition) is 2. The maximum absolute atomic E-state index is 15.5. The maximum Gasteiger partial charge on any atom is 0.335 e. The number of sulfone groups is 1. The summed E-state index contributed by atoms with van der Waals surface area (Å²) < 4.78 is 39.4. The summed E-state index contributed by atoms with van der Waals surface area (Å²) in [6, 6.07) is 4.43. The number of hydrogen-bond acceptors (Lipinski definition) is 5. The molecule has 8 heteroatoms. The molecular formula is C43H63FN2O4S. The van der Waals surface area contributed by atoms with E-state index >= 15 is 4.39 Å². The molecule has 0 radical (unpaired) electrons. The van der Waals surface area contributed by atoms with Crippen molar-refractivity contribution in [2.45, 2.75) is 99.3 Å². The normalized spacial score (nSPS) is 41.4. The van der Waals surface area contributed by atoms with E-state index in [2.05, 4.69) is 64.4 Å². The monoisotopic (exact) mass is 722 g/mol. The molecule has 9 atom stereocenters. The molecule has 51 heavy (non-hydrogen) atoms. The highest BCUT2D eigenvalue weighted by Gasteiger charge is 2.70. The van der Waals surface area contributed by atoms with Gasteiger partial charge in [-0.25, -0.2) is 17.6 Å². The number of carboxylic acid groups (broad SMARTS) is 1. The van der Waals surface area contributed by atoms with Gasteiger partial charge in [-0.3, -0.25) is 0 Å². The van der Waals surface area contributed by atoms with Crippen LogP contribution in [0.4, 0.5) is 4.39 Å². The Balaban J connectivity index is 1.13. The first-order valence-electron chi connectivity index (χ1n) is 19.9. The molecule has 6 nitrogen and oxygen atoms in total. The van der Waals surface area contributed by atoms with Gasteiger partial charge in [0.15, 0.2) is 9.84 Å². The van der Waals surface area contributed by atoms with Gasteiger partial charge in [0.05, 0.1) is 17.1 Å². The minimum Gasteiger partial charge on any atom is -0.478 e. The number of nitrogens with zero attached hydrogens (tertiary/aromatic N) is 1. The number of carbonyl (C=O) groups is 1. The van der Waals surface area contributed by atoms with Crippen molar-refractivity contribution < 1.29 is 22.7 Å². The summed E-state index contributed by atoms with van der Waals surface area (Å²) in [5.74, 6) is 1.91. The van der Waals surface area contributed by atoms with Gasteiger partial charge < -0.3 is 15.3 Å². The maximum atomic E-state index is 15.5. The molecule has 1 aromatic rings. The molecule has 0 spiro atoms. The standard InChI is InChI=1S/C43H63FN2O4S/c1-28(2)30-12-17-43(27-45-20-21-46-22-24-51(49,50)25-23-46)19-18-41(6)33(37(30)43)10-11-36-40(5)15-13-32(31-9-8-29(38(47)48)26-34(31)44)39(3,4)35(40)14-16-42(36,41)7/h8-9,13,26,30,33,35-37,45H,1,10-12,14-25,27H2,2-7H3,(H,47,48)/t30-,33+,35-,36+,37+,40-,41+,42+,43+/m0/s1. The van der Waals surface area contributed by atoms with Crippen LogP contribution >= 0.6 is 0 Å². The van der Waals surface area contributed by atoms with Crippen LogP contribution in [0.5, 0.6) is 0 Å². The van der Waals surface area contributed by atoms with E-state index in [4.69, 9.17) is 0 Å². The summed E-state index contributed by atoms with van der Waals surface area (Å²) in [7, 11) is -2.86. The largest absolute Gasteiger partial charge is 0.478 e. The number of allylic oxidation sites excluding steroid dienone is 3. The van der Waals surface area contributed by atoms with Crippen molar-refractivity contribution in [1.29, 1.82) is 0 Å². The molecule has 1 heterocycles. The van der Waals surface area contributed by atoms with Crippen LogP contribution in [0, 0.1) is 62.5 Å². The molecular weight excluding hydrogens is 660 g/mol. The number of rotatable bonds is 8. The third kappa shape index (κ3) is 5.82. The fourth-order valence-corrected chi connectivity index (χ4v) is 15.3. The second-order valence-corrected chi connectivity index (χ2v) is 21.6. The van der Waals surface area contributed by atoms with Crippen LogP contribution in [-0.2, 0) is 9.84 Å². The minimum absolute atomic E-state index is 0.00542. The molecule has 1 aliphatic heterocycles. The topological polar surface area (TPSA) is 86.7 Å². The summed E-state index contributed by atoms with van der Waals surface area (Å²) in [5, 5.41) is 13.4. The smallest absolute Gasteiger partial charge is 0.335 e. The summed E-state index contributed by atoms with van der Waals surface area (Å²) in [5.41, 5.74) is 3.57.